The van der Waals surface area contributed by atoms with Crippen LogP contribution in [-0.2, 0) is 0 Å². The van der Waals surface area contributed by atoms with E-state index < -0.39 is 0 Å². The van der Waals surface area contributed by atoms with Crippen LogP contribution >= 0.6 is 22.7 Å². The maximum absolute atomic E-state index is 2.25. The zero-order chi connectivity index (χ0) is 9.38. The minimum absolute atomic E-state index is 1.32. The first-order valence-corrected chi connectivity index (χ1v) is 6.21. The van der Waals surface area contributed by atoms with Crippen LogP contribution in [0.15, 0.2) is 47.2 Å². The minimum Gasteiger partial charge on any atom is -0.142 e. The lowest BCUT2D eigenvalue weighted by Gasteiger charge is -1.95. The molecule has 0 aliphatic heterocycles. The Hall–Kier alpha value is -1.12. The van der Waals surface area contributed by atoms with Gasteiger partial charge in [-0.05, 0) is 17.0 Å². The van der Waals surface area contributed by atoms with E-state index in [1.54, 1.807) is 0 Å². The largest absolute Gasteiger partial charge is 0.142 e. The van der Waals surface area contributed by atoms with Crippen LogP contribution in [0.25, 0.3) is 20.5 Å². The van der Waals surface area contributed by atoms with E-state index in [-0.39, 0.29) is 0 Å². The number of hydrogen-bond donors (Lipinski definition) is 0. The van der Waals surface area contributed by atoms with Gasteiger partial charge in [-0.2, -0.15) is 0 Å². The summed E-state index contributed by atoms with van der Waals surface area (Å²) in [5.41, 5.74) is 2.70. The van der Waals surface area contributed by atoms with Crippen molar-refractivity contribution in [3.05, 3.63) is 47.2 Å². The Morgan fingerprint density at radius 1 is 0.857 bits per heavy atom. The fourth-order valence-corrected chi connectivity index (χ4v) is 3.72. The second kappa shape index (κ2) is 3.23. The predicted octanol–water partition coefficient (Wildman–Crippen LogP) is 4.63. The molecule has 0 saturated carbocycles. The van der Waals surface area contributed by atoms with Crippen LogP contribution in [0.4, 0.5) is 0 Å². The van der Waals surface area contributed by atoms with Crippen LogP contribution < -0.4 is 0 Å². The van der Waals surface area contributed by atoms with Crippen molar-refractivity contribution in [3.63, 3.8) is 0 Å². The van der Waals surface area contributed by atoms with Gasteiger partial charge >= 0.3 is 0 Å². The number of rotatable bonds is 1. The summed E-state index contributed by atoms with van der Waals surface area (Å²) in [6.45, 7) is 0. The predicted molar refractivity (Wildman–Crippen MR) is 65.1 cm³/mol. The minimum atomic E-state index is 1.32. The van der Waals surface area contributed by atoms with Crippen LogP contribution in [0.5, 0.6) is 0 Å². The van der Waals surface area contributed by atoms with E-state index in [1.807, 2.05) is 22.7 Å². The molecule has 0 fully saturated rings. The molecular formula is C12H8S2. The maximum atomic E-state index is 2.25. The molecule has 0 N–H and O–H groups in total. The molecule has 0 bridgehead atoms. The molecule has 0 saturated heterocycles. The molecule has 3 rings (SSSR count). The first kappa shape index (κ1) is 8.21. The van der Waals surface area contributed by atoms with Crippen molar-refractivity contribution in [2.75, 3.05) is 0 Å². The van der Waals surface area contributed by atoms with E-state index in [0.29, 0.717) is 0 Å². The van der Waals surface area contributed by atoms with Crippen molar-refractivity contribution in [2.24, 2.45) is 0 Å². The third-order valence-corrected chi connectivity index (χ3v) is 4.29. The molecule has 2 heteroatoms. The van der Waals surface area contributed by atoms with E-state index in [4.69, 9.17) is 0 Å². The summed E-state index contributed by atoms with van der Waals surface area (Å²) >= 11 is 3.65. The summed E-state index contributed by atoms with van der Waals surface area (Å²) in [5.74, 6) is 0. The highest BCUT2D eigenvalue weighted by Gasteiger charge is 2.06. The van der Waals surface area contributed by atoms with E-state index >= 15 is 0 Å². The molecule has 0 nitrogen and oxygen atoms in total. The molecule has 1 aromatic carbocycles. The third-order valence-electron chi connectivity index (χ3n) is 2.26. The fraction of sp³-hybridized carbons (Fsp3) is 0. The summed E-state index contributed by atoms with van der Waals surface area (Å²) in [7, 11) is 0. The average molecular weight is 216 g/mol. The highest BCUT2D eigenvalue weighted by molar-refractivity contribution is 7.26. The Morgan fingerprint density at radius 3 is 2.57 bits per heavy atom. The fourth-order valence-electron chi connectivity index (χ4n) is 1.58. The zero-order valence-corrected chi connectivity index (χ0v) is 9.07. The van der Waals surface area contributed by atoms with E-state index in [9.17, 15) is 0 Å². The Labute approximate surface area is 90.5 Å². The Bertz CT molecular complexity index is 546. The molecule has 0 spiro atoms. The Kier molecular flexibility index (Phi) is 1.89. The van der Waals surface area contributed by atoms with Gasteiger partial charge in [0.05, 0.1) is 4.70 Å². The van der Waals surface area contributed by atoms with Gasteiger partial charge in [0.1, 0.15) is 0 Å². The molecule has 0 unspecified atom stereocenters. The molecule has 14 heavy (non-hydrogen) atoms. The van der Waals surface area contributed by atoms with E-state index in [0.717, 1.165) is 0 Å². The molecule has 68 valence electrons. The van der Waals surface area contributed by atoms with Crippen LogP contribution in [-0.4, -0.2) is 0 Å². The summed E-state index contributed by atoms with van der Waals surface area (Å²) < 4.78 is 2.81. The van der Waals surface area contributed by atoms with Crippen molar-refractivity contribution in [1.82, 2.24) is 0 Å². The van der Waals surface area contributed by atoms with Gasteiger partial charge in [0.15, 0.2) is 0 Å². The van der Waals surface area contributed by atoms with Gasteiger partial charge < -0.3 is 0 Å². The lowest BCUT2D eigenvalue weighted by Crippen LogP contribution is -1.70. The van der Waals surface area contributed by atoms with Crippen LogP contribution in [0, 0.1) is 0 Å². The summed E-state index contributed by atoms with van der Waals surface area (Å²) in [5, 5.41) is 4.41. The van der Waals surface area contributed by atoms with Crippen molar-refractivity contribution < 1.29 is 0 Å². The van der Waals surface area contributed by atoms with Crippen molar-refractivity contribution in [1.29, 1.82) is 0 Å². The maximum Gasteiger partial charge on any atom is 0.0528 e. The van der Waals surface area contributed by atoms with E-state index in [1.165, 1.54) is 20.5 Å². The van der Waals surface area contributed by atoms with Crippen LogP contribution in [0.2, 0.25) is 0 Å². The quantitative estimate of drug-likeness (QED) is 0.556. The van der Waals surface area contributed by atoms with Gasteiger partial charge in [0.25, 0.3) is 0 Å². The van der Waals surface area contributed by atoms with Gasteiger partial charge in [0, 0.05) is 15.6 Å². The second-order valence-corrected chi connectivity index (χ2v) is 4.96. The Balaban J connectivity index is 2.28. The molecule has 0 aliphatic rings. The van der Waals surface area contributed by atoms with Crippen molar-refractivity contribution >= 4 is 32.1 Å². The van der Waals surface area contributed by atoms with Crippen molar-refractivity contribution in [2.45, 2.75) is 0 Å². The molecule has 0 radical (unpaired) electrons. The molecule has 2 aromatic heterocycles. The number of hydrogen-bond acceptors (Lipinski definition) is 2. The van der Waals surface area contributed by atoms with Gasteiger partial charge in [-0.1, -0.05) is 30.3 Å². The topological polar surface area (TPSA) is 0 Å². The molecule has 2 heterocycles. The molecular weight excluding hydrogens is 208 g/mol. The smallest absolute Gasteiger partial charge is 0.0528 e. The Morgan fingerprint density at radius 2 is 1.71 bits per heavy atom. The summed E-state index contributed by atoms with van der Waals surface area (Å²) in [6, 6.07) is 12.8. The summed E-state index contributed by atoms with van der Waals surface area (Å²) in [6.07, 6.45) is 0. The molecule has 0 amide bonds. The van der Waals surface area contributed by atoms with Crippen LogP contribution in [0.1, 0.15) is 0 Å². The second-order valence-electron chi connectivity index (χ2n) is 3.13. The monoisotopic (exact) mass is 216 g/mol. The number of thiophene rings is 2. The van der Waals surface area contributed by atoms with E-state index in [2.05, 4.69) is 47.2 Å². The van der Waals surface area contributed by atoms with Gasteiger partial charge in [-0.25, -0.2) is 0 Å². The first-order valence-electron chi connectivity index (χ1n) is 4.45. The van der Waals surface area contributed by atoms with Crippen LogP contribution in [0.3, 0.4) is 0 Å². The van der Waals surface area contributed by atoms with Gasteiger partial charge in [-0.15, -0.1) is 22.7 Å². The number of benzene rings is 1. The normalized spacial score (nSPS) is 10.9. The third kappa shape index (κ3) is 1.19. The summed E-state index contributed by atoms with van der Waals surface area (Å²) in [4.78, 5) is 0. The lowest BCUT2D eigenvalue weighted by molar-refractivity contribution is 1.70. The number of fused-ring (bicyclic) bond motifs is 1. The molecule has 3 aromatic rings. The van der Waals surface area contributed by atoms with Gasteiger partial charge in [0.2, 0.25) is 0 Å². The highest BCUT2D eigenvalue weighted by atomic mass is 32.1. The average Bonchev–Trinajstić information content (AvgIpc) is 2.79. The molecule has 0 aliphatic carbocycles. The standard InChI is InChI=1S/C12H8S2/c1-2-4-9(5-3-1)10-8-14-11-6-7-13-12(10)11/h1-8H. The van der Waals surface area contributed by atoms with Gasteiger partial charge in [-0.3, -0.25) is 0 Å². The highest BCUT2D eigenvalue weighted by Crippen LogP contribution is 2.37. The zero-order valence-electron chi connectivity index (χ0n) is 7.44. The first-order chi connectivity index (χ1) is 6.95. The SMILES string of the molecule is c1ccc(-c2csc3ccsc23)cc1. The molecule has 0 atom stereocenters. The lowest BCUT2D eigenvalue weighted by atomic mass is 10.1. The van der Waals surface area contributed by atoms with Crippen molar-refractivity contribution in [3.8, 4) is 11.1 Å².